The largest absolute Gasteiger partial charge is 0.464 e. The lowest BCUT2D eigenvalue weighted by Gasteiger charge is -2.12. The maximum Gasteiger partial charge on any atom is 0.419 e. The van der Waals surface area contributed by atoms with Crippen LogP contribution in [-0.2, 0) is 10.9 Å². The first-order chi connectivity index (χ1) is 11.6. The number of hydrogen-bond donors (Lipinski definition) is 1. The van der Waals surface area contributed by atoms with Gasteiger partial charge in [0, 0.05) is 0 Å². The number of benzene rings is 1. The molecule has 25 heavy (non-hydrogen) atoms. The zero-order valence-electron chi connectivity index (χ0n) is 12.4. The summed E-state index contributed by atoms with van der Waals surface area (Å²) in [4.78, 5) is 26.8. The summed E-state index contributed by atoms with van der Waals surface area (Å²) >= 11 is 0. The molecule has 2 aromatic rings. The van der Waals surface area contributed by atoms with Crippen molar-refractivity contribution >= 4 is 17.6 Å². The monoisotopic (exact) mass is 360 g/mol. The molecule has 0 saturated heterocycles. The summed E-state index contributed by atoms with van der Waals surface area (Å²) in [6, 6.07) is 2.87. The molecule has 0 unspecified atom stereocenters. The quantitative estimate of drug-likeness (QED) is 0.673. The highest BCUT2D eigenvalue weighted by atomic mass is 19.4. The van der Waals surface area contributed by atoms with Crippen molar-refractivity contribution in [3.05, 3.63) is 58.9 Å². The molecule has 1 amide bonds. The summed E-state index contributed by atoms with van der Waals surface area (Å²) < 4.78 is 69.9. The second-order valence-electron chi connectivity index (χ2n) is 4.66. The molecule has 0 atom stereocenters. The normalized spacial score (nSPS) is 11.1. The van der Waals surface area contributed by atoms with Gasteiger partial charge in [-0.25, -0.2) is 18.6 Å². The van der Waals surface area contributed by atoms with Gasteiger partial charge in [-0.1, -0.05) is 0 Å². The van der Waals surface area contributed by atoms with Crippen LogP contribution in [0.3, 0.4) is 0 Å². The lowest BCUT2D eigenvalue weighted by atomic mass is 10.1. The van der Waals surface area contributed by atoms with Gasteiger partial charge in [0.25, 0.3) is 5.91 Å². The molecule has 1 aromatic heterocycles. The fourth-order valence-corrected chi connectivity index (χ4v) is 1.87. The molecule has 1 heterocycles. The summed E-state index contributed by atoms with van der Waals surface area (Å²) in [5.74, 6) is -5.67. The predicted octanol–water partition coefficient (Wildman–Crippen LogP) is 3.42. The van der Waals surface area contributed by atoms with E-state index in [2.05, 4.69) is 9.72 Å². The van der Waals surface area contributed by atoms with E-state index in [1.54, 1.807) is 0 Å². The van der Waals surface area contributed by atoms with Crippen LogP contribution in [0.2, 0.25) is 0 Å². The smallest absolute Gasteiger partial charge is 0.419 e. The maximum absolute atomic E-state index is 13.9. The number of anilines is 1. The predicted molar refractivity (Wildman–Crippen MR) is 74.9 cm³/mol. The number of pyridine rings is 1. The number of carbonyl (C=O) groups excluding carboxylic acids is 2. The fourth-order valence-electron chi connectivity index (χ4n) is 1.87. The molecule has 0 aliphatic rings. The minimum absolute atomic E-state index is 0.0890. The Balaban J connectivity index is 2.31. The van der Waals surface area contributed by atoms with E-state index in [0.29, 0.717) is 6.07 Å². The Labute approximate surface area is 137 Å². The van der Waals surface area contributed by atoms with Gasteiger partial charge in [0.2, 0.25) is 0 Å². The molecular formula is C15H9F5N2O3. The van der Waals surface area contributed by atoms with Gasteiger partial charge in [-0.2, -0.15) is 13.2 Å². The van der Waals surface area contributed by atoms with Crippen molar-refractivity contribution in [1.82, 2.24) is 4.98 Å². The SMILES string of the molecule is COC(=O)c1ccc(NC(=O)c2c(F)ccc(C(F)(F)F)c2F)cn1. The Morgan fingerprint density at radius 1 is 1.12 bits per heavy atom. The van der Waals surface area contributed by atoms with Crippen molar-refractivity contribution in [3.63, 3.8) is 0 Å². The number of amides is 1. The second-order valence-corrected chi connectivity index (χ2v) is 4.66. The number of aromatic nitrogens is 1. The van der Waals surface area contributed by atoms with E-state index in [0.717, 1.165) is 19.4 Å². The molecule has 0 aliphatic heterocycles. The van der Waals surface area contributed by atoms with Gasteiger partial charge in [0.15, 0.2) is 5.82 Å². The van der Waals surface area contributed by atoms with Gasteiger partial charge in [-0.05, 0) is 24.3 Å². The van der Waals surface area contributed by atoms with Crippen molar-refractivity contribution in [2.24, 2.45) is 0 Å². The third-order valence-corrected chi connectivity index (χ3v) is 3.04. The van der Waals surface area contributed by atoms with Gasteiger partial charge < -0.3 is 10.1 Å². The number of nitrogens with one attached hydrogen (secondary N) is 1. The number of alkyl halides is 3. The second kappa shape index (κ2) is 6.83. The molecule has 0 radical (unpaired) electrons. The molecule has 132 valence electrons. The lowest BCUT2D eigenvalue weighted by Crippen LogP contribution is -2.19. The molecule has 0 spiro atoms. The Morgan fingerprint density at radius 2 is 1.80 bits per heavy atom. The molecule has 0 aliphatic carbocycles. The standard InChI is InChI=1S/C15H9F5N2O3/c1-25-14(24)10-5-2-7(6-21-10)22-13(23)11-9(16)4-3-8(12(11)17)15(18,19)20/h2-6H,1H3,(H,22,23). The summed E-state index contributed by atoms with van der Waals surface area (Å²) in [6.45, 7) is 0. The highest BCUT2D eigenvalue weighted by molar-refractivity contribution is 6.04. The van der Waals surface area contributed by atoms with Crippen molar-refractivity contribution in [3.8, 4) is 0 Å². The molecule has 10 heteroatoms. The van der Waals surface area contributed by atoms with E-state index in [9.17, 15) is 31.5 Å². The van der Waals surface area contributed by atoms with Gasteiger partial charge in [0.05, 0.1) is 24.6 Å². The number of halogens is 5. The molecule has 0 fully saturated rings. The summed E-state index contributed by atoms with van der Waals surface area (Å²) in [6.07, 6.45) is -4.11. The van der Waals surface area contributed by atoms with E-state index in [-0.39, 0.29) is 17.4 Å². The molecular weight excluding hydrogens is 351 g/mol. The molecule has 1 N–H and O–H groups in total. The average molecular weight is 360 g/mol. The van der Waals surface area contributed by atoms with Gasteiger partial charge >= 0.3 is 12.1 Å². The number of ether oxygens (including phenoxy) is 1. The van der Waals surface area contributed by atoms with E-state index >= 15 is 0 Å². The molecule has 2 rings (SSSR count). The molecule has 5 nitrogen and oxygen atoms in total. The van der Waals surface area contributed by atoms with Crippen molar-refractivity contribution in [2.75, 3.05) is 12.4 Å². The van der Waals surface area contributed by atoms with Crippen LogP contribution in [0.5, 0.6) is 0 Å². The first-order valence-electron chi connectivity index (χ1n) is 6.56. The van der Waals surface area contributed by atoms with E-state index in [1.165, 1.54) is 6.07 Å². The van der Waals surface area contributed by atoms with Gasteiger partial charge in [0.1, 0.15) is 17.1 Å². The van der Waals surface area contributed by atoms with Crippen LogP contribution in [-0.4, -0.2) is 24.0 Å². The number of methoxy groups -OCH3 is 1. The number of esters is 1. The number of nitrogens with zero attached hydrogens (tertiary/aromatic N) is 1. The van der Waals surface area contributed by atoms with Gasteiger partial charge in [-0.15, -0.1) is 0 Å². The highest BCUT2D eigenvalue weighted by Gasteiger charge is 2.37. The van der Waals surface area contributed by atoms with Crippen LogP contribution >= 0.6 is 0 Å². The van der Waals surface area contributed by atoms with Crippen LogP contribution in [0.15, 0.2) is 30.5 Å². The van der Waals surface area contributed by atoms with E-state index < -0.39 is 40.8 Å². The average Bonchev–Trinajstić information content (AvgIpc) is 2.53. The Morgan fingerprint density at radius 3 is 2.32 bits per heavy atom. The fraction of sp³-hybridized carbons (Fsp3) is 0.133. The highest BCUT2D eigenvalue weighted by Crippen LogP contribution is 2.33. The zero-order chi connectivity index (χ0) is 18.8. The van der Waals surface area contributed by atoms with Crippen molar-refractivity contribution < 1.29 is 36.3 Å². The third kappa shape index (κ3) is 3.90. The van der Waals surface area contributed by atoms with Crippen LogP contribution < -0.4 is 5.32 Å². The van der Waals surface area contributed by atoms with Gasteiger partial charge in [-0.3, -0.25) is 4.79 Å². The number of carbonyl (C=O) groups is 2. The van der Waals surface area contributed by atoms with Crippen molar-refractivity contribution in [1.29, 1.82) is 0 Å². The van der Waals surface area contributed by atoms with Crippen LogP contribution in [0.4, 0.5) is 27.6 Å². The molecule has 1 aromatic carbocycles. The Hall–Kier alpha value is -3.04. The maximum atomic E-state index is 13.9. The summed E-state index contributed by atoms with van der Waals surface area (Å²) in [5.41, 5.74) is -3.34. The first kappa shape index (κ1) is 18.3. The van der Waals surface area contributed by atoms with Crippen LogP contribution in [0.25, 0.3) is 0 Å². The zero-order valence-corrected chi connectivity index (χ0v) is 12.4. The Kier molecular flexibility index (Phi) is 5.00. The molecule has 0 saturated carbocycles. The molecule has 0 bridgehead atoms. The first-order valence-corrected chi connectivity index (χ1v) is 6.56. The van der Waals surface area contributed by atoms with Crippen LogP contribution in [0.1, 0.15) is 26.4 Å². The minimum Gasteiger partial charge on any atom is -0.464 e. The van der Waals surface area contributed by atoms with Crippen molar-refractivity contribution in [2.45, 2.75) is 6.18 Å². The third-order valence-electron chi connectivity index (χ3n) is 3.04. The summed E-state index contributed by atoms with van der Waals surface area (Å²) in [7, 11) is 1.12. The van der Waals surface area contributed by atoms with E-state index in [4.69, 9.17) is 0 Å². The van der Waals surface area contributed by atoms with E-state index in [1.807, 2.05) is 5.32 Å². The number of rotatable bonds is 3. The topological polar surface area (TPSA) is 68.3 Å². The lowest BCUT2D eigenvalue weighted by molar-refractivity contribution is -0.140. The summed E-state index contributed by atoms with van der Waals surface area (Å²) in [5, 5.41) is 2.00. The minimum atomic E-state index is -5.09. The number of hydrogen-bond acceptors (Lipinski definition) is 4. The Bertz CT molecular complexity index is 819. The van der Waals surface area contributed by atoms with Crippen LogP contribution in [0, 0.1) is 11.6 Å².